The van der Waals surface area contributed by atoms with Crippen molar-refractivity contribution >= 4 is 11.6 Å². The van der Waals surface area contributed by atoms with Crippen molar-refractivity contribution in [2.75, 3.05) is 5.32 Å². The van der Waals surface area contributed by atoms with E-state index in [-0.39, 0.29) is 28.8 Å². The quantitative estimate of drug-likeness (QED) is 0.641. The summed E-state index contributed by atoms with van der Waals surface area (Å²) >= 11 is 0. The topological polar surface area (TPSA) is 46.9 Å². The van der Waals surface area contributed by atoms with Crippen molar-refractivity contribution in [2.45, 2.75) is 12.8 Å². The highest BCUT2D eigenvalue weighted by atomic mass is 19.3. The van der Waals surface area contributed by atoms with Gasteiger partial charge in [-0.25, -0.2) is 22.0 Å². The first-order valence-electron chi connectivity index (χ1n) is 8.10. The van der Waals surface area contributed by atoms with Crippen LogP contribution in [0.15, 0.2) is 42.6 Å². The number of carbonyl (C=O) groups is 1. The molecule has 1 amide bonds. The lowest BCUT2D eigenvalue weighted by atomic mass is 10.0. The van der Waals surface area contributed by atoms with Gasteiger partial charge >= 0.3 is 0 Å². The maximum absolute atomic E-state index is 13.7. The van der Waals surface area contributed by atoms with Crippen LogP contribution >= 0.6 is 0 Å². The standard InChI is InChI=1S/C19H14F5N3O/c1-27-9-11(18(26-27)19(23)24)7-17(28)25-16-5-3-12(20)8-13(16)10-2-4-14(21)15(22)6-10/h2-6,8-9,19H,7H2,1H3,(H,25,28). The Bertz CT molecular complexity index is 1030. The molecule has 0 aliphatic heterocycles. The molecule has 1 heterocycles. The Kier molecular flexibility index (Phi) is 5.43. The van der Waals surface area contributed by atoms with Gasteiger partial charge in [0.15, 0.2) is 11.6 Å². The molecule has 0 fully saturated rings. The van der Waals surface area contributed by atoms with Gasteiger partial charge in [-0.05, 0) is 35.9 Å². The normalized spacial score (nSPS) is 11.1. The molecule has 0 radical (unpaired) electrons. The van der Waals surface area contributed by atoms with Gasteiger partial charge in [-0.3, -0.25) is 9.48 Å². The number of rotatable bonds is 5. The van der Waals surface area contributed by atoms with Crippen molar-refractivity contribution in [2.24, 2.45) is 7.05 Å². The van der Waals surface area contributed by atoms with E-state index in [0.717, 1.165) is 24.3 Å². The SMILES string of the molecule is Cn1cc(CC(=O)Nc2ccc(F)cc2-c2ccc(F)c(F)c2)c(C(F)F)n1. The predicted molar refractivity (Wildman–Crippen MR) is 92.3 cm³/mol. The number of benzene rings is 2. The summed E-state index contributed by atoms with van der Waals surface area (Å²) in [5.74, 6) is -3.49. The van der Waals surface area contributed by atoms with Crippen molar-refractivity contribution in [3.05, 3.63) is 71.3 Å². The molecule has 4 nitrogen and oxygen atoms in total. The van der Waals surface area contributed by atoms with Crippen LogP contribution in [0.1, 0.15) is 17.7 Å². The molecule has 3 aromatic rings. The molecule has 28 heavy (non-hydrogen) atoms. The fraction of sp³-hybridized carbons (Fsp3) is 0.158. The first-order valence-corrected chi connectivity index (χ1v) is 8.10. The van der Waals surface area contributed by atoms with Crippen LogP contribution in [-0.2, 0) is 18.3 Å². The van der Waals surface area contributed by atoms with E-state index >= 15 is 0 Å². The minimum Gasteiger partial charge on any atom is -0.325 e. The molecule has 0 bridgehead atoms. The number of nitrogens with one attached hydrogen (secondary N) is 1. The molecular weight excluding hydrogens is 381 g/mol. The Morgan fingerprint density at radius 3 is 2.54 bits per heavy atom. The molecule has 1 N–H and O–H groups in total. The molecule has 1 aromatic heterocycles. The highest BCUT2D eigenvalue weighted by molar-refractivity contribution is 5.96. The maximum atomic E-state index is 13.7. The molecule has 0 aliphatic rings. The van der Waals surface area contributed by atoms with Crippen molar-refractivity contribution < 1.29 is 26.7 Å². The van der Waals surface area contributed by atoms with Gasteiger partial charge in [0.05, 0.1) is 6.42 Å². The Morgan fingerprint density at radius 1 is 1.11 bits per heavy atom. The lowest BCUT2D eigenvalue weighted by molar-refractivity contribution is -0.115. The van der Waals surface area contributed by atoms with Crippen LogP contribution in [-0.4, -0.2) is 15.7 Å². The number of alkyl halides is 2. The number of amides is 1. The molecule has 0 unspecified atom stereocenters. The lowest BCUT2D eigenvalue weighted by Crippen LogP contribution is -2.16. The van der Waals surface area contributed by atoms with Gasteiger partial charge < -0.3 is 5.32 Å². The van der Waals surface area contributed by atoms with E-state index in [1.54, 1.807) is 0 Å². The van der Waals surface area contributed by atoms with E-state index in [2.05, 4.69) is 10.4 Å². The largest absolute Gasteiger partial charge is 0.325 e. The van der Waals surface area contributed by atoms with E-state index in [4.69, 9.17) is 0 Å². The molecule has 9 heteroatoms. The molecule has 0 spiro atoms. The summed E-state index contributed by atoms with van der Waals surface area (Å²) in [6.07, 6.45) is -1.92. The Labute approximate surface area is 156 Å². The molecule has 0 atom stereocenters. The van der Waals surface area contributed by atoms with Crippen LogP contribution < -0.4 is 5.32 Å². The first-order chi connectivity index (χ1) is 13.2. The van der Waals surface area contributed by atoms with E-state index in [9.17, 15) is 26.7 Å². The Morgan fingerprint density at radius 2 is 1.86 bits per heavy atom. The molecule has 0 saturated heterocycles. The van der Waals surface area contributed by atoms with Gasteiger partial charge in [-0.15, -0.1) is 0 Å². The van der Waals surface area contributed by atoms with Gasteiger partial charge in [0, 0.05) is 30.1 Å². The van der Waals surface area contributed by atoms with Gasteiger partial charge in [0.2, 0.25) is 5.91 Å². The van der Waals surface area contributed by atoms with Crippen LogP contribution in [0.3, 0.4) is 0 Å². The molecule has 3 rings (SSSR count). The number of aromatic nitrogens is 2. The van der Waals surface area contributed by atoms with Crippen LogP contribution in [0.25, 0.3) is 11.1 Å². The molecule has 146 valence electrons. The zero-order valence-corrected chi connectivity index (χ0v) is 14.5. The van der Waals surface area contributed by atoms with Crippen molar-refractivity contribution in [3.8, 4) is 11.1 Å². The van der Waals surface area contributed by atoms with E-state index in [0.29, 0.717) is 0 Å². The zero-order chi connectivity index (χ0) is 20.4. The first kappa shape index (κ1) is 19.5. The van der Waals surface area contributed by atoms with Gasteiger partial charge in [-0.2, -0.15) is 5.10 Å². The maximum Gasteiger partial charge on any atom is 0.282 e. The lowest BCUT2D eigenvalue weighted by Gasteiger charge is -2.12. The summed E-state index contributed by atoms with van der Waals surface area (Å²) in [5, 5.41) is 6.12. The second-order valence-corrected chi connectivity index (χ2v) is 6.06. The smallest absolute Gasteiger partial charge is 0.282 e. The minimum atomic E-state index is -2.84. The van der Waals surface area contributed by atoms with Crippen molar-refractivity contribution in [1.82, 2.24) is 9.78 Å². The number of anilines is 1. The molecule has 2 aromatic carbocycles. The summed E-state index contributed by atoms with van der Waals surface area (Å²) in [7, 11) is 1.45. The Balaban J connectivity index is 1.88. The number of nitrogens with zero attached hydrogens (tertiary/aromatic N) is 2. The van der Waals surface area contributed by atoms with Gasteiger partial charge in [0.25, 0.3) is 6.43 Å². The monoisotopic (exact) mass is 395 g/mol. The summed E-state index contributed by atoms with van der Waals surface area (Å²) in [4.78, 5) is 12.3. The van der Waals surface area contributed by atoms with E-state index in [1.807, 2.05) is 0 Å². The van der Waals surface area contributed by atoms with Crippen LogP contribution in [0.2, 0.25) is 0 Å². The number of hydrogen-bond donors (Lipinski definition) is 1. The van der Waals surface area contributed by atoms with Crippen LogP contribution in [0, 0.1) is 17.5 Å². The third-order valence-electron chi connectivity index (χ3n) is 3.98. The molecule has 0 aliphatic carbocycles. The molecular formula is C19H14F5N3O. The van der Waals surface area contributed by atoms with Gasteiger partial charge in [0.1, 0.15) is 11.5 Å². The highest BCUT2D eigenvalue weighted by Crippen LogP contribution is 2.30. The average molecular weight is 395 g/mol. The minimum absolute atomic E-state index is 0.0477. The highest BCUT2D eigenvalue weighted by Gasteiger charge is 2.20. The second-order valence-electron chi connectivity index (χ2n) is 6.06. The summed E-state index contributed by atoms with van der Waals surface area (Å²) in [6.45, 7) is 0. The summed E-state index contributed by atoms with van der Waals surface area (Å²) < 4.78 is 67.5. The van der Waals surface area contributed by atoms with Crippen LogP contribution in [0.4, 0.5) is 27.6 Å². The fourth-order valence-electron chi connectivity index (χ4n) is 2.77. The molecule has 0 saturated carbocycles. The number of hydrogen-bond acceptors (Lipinski definition) is 2. The zero-order valence-electron chi connectivity index (χ0n) is 14.5. The Hall–Kier alpha value is -3.23. The van der Waals surface area contributed by atoms with Crippen molar-refractivity contribution in [1.29, 1.82) is 0 Å². The summed E-state index contributed by atoms with van der Waals surface area (Å²) in [6, 6.07) is 6.37. The number of halogens is 5. The van der Waals surface area contributed by atoms with Gasteiger partial charge in [-0.1, -0.05) is 6.07 Å². The number of carbonyl (C=O) groups excluding carboxylic acids is 1. The second kappa shape index (κ2) is 7.79. The predicted octanol–water partition coefficient (Wildman–Crippen LogP) is 4.62. The third kappa shape index (κ3) is 4.19. The van der Waals surface area contributed by atoms with Crippen molar-refractivity contribution in [3.63, 3.8) is 0 Å². The fourth-order valence-corrected chi connectivity index (χ4v) is 2.77. The van der Waals surface area contributed by atoms with E-state index in [1.165, 1.54) is 30.1 Å². The third-order valence-corrected chi connectivity index (χ3v) is 3.98. The average Bonchev–Trinajstić information content (AvgIpc) is 2.99. The van der Waals surface area contributed by atoms with E-state index < -0.39 is 35.5 Å². The number of aryl methyl sites for hydroxylation is 1. The summed E-state index contributed by atoms with van der Waals surface area (Å²) in [5.41, 5.74) is -0.0696. The van der Waals surface area contributed by atoms with Crippen LogP contribution in [0.5, 0.6) is 0 Å².